The van der Waals surface area contributed by atoms with Crippen LogP contribution in [-0.2, 0) is 0 Å². The largest absolute Gasteiger partial charge is 1.00 e. The fraction of sp³-hybridized carbons (Fsp3) is 1.00. The SMILES string of the molecule is CCCC[O-].OB(O)O.[Li+]. The fourth-order valence-electron chi connectivity index (χ4n) is 0.144. The second kappa shape index (κ2) is 16.2. The van der Waals surface area contributed by atoms with Crippen molar-refractivity contribution in [2.75, 3.05) is 6.61 Å². The van der Waals surface area contributed by atoms with Gasteiger partial charge in [0.15, 0.2) is 0 Å². The number of hydrogen-bond acceptors (Lipinski definition) is 4. The molecule has 0 bridgehead atoms. The van der Waals surface area contributed by atoms with E-state index in [1.807, 2.05) is 6.92 Å². The van der Waals surface area contributed by atoms with E-state index in [0.29, 0.717) is 0 Å². The molecule has 0 spiro atoms. The van der Waals surface area contributed by atoms with Gasteiger partial charge < -0.3 is 20.2 Å². The molecule has 6 heteroatoms. The molecule has 0 aromatic heterocycles. The molecule has 0 saturated carbocycles. The quantitative estimate of drug-likeness (QED) is 0.337. The molecule has 3 N–H and O–H groups in total. The van der Waals surface area contributed by atoms with Gasteiger partial charge in [0.1, 0.15) is 0 Å². The van der Waals surface area contributed by atoms with Crippen LogP contribution in [0.3, 0.4) is 0 Å². The second-order valence-corrected chi connectivity index (χ2v) is 1.40. The van der Waals surface area contributed by atoms with Gasteiger partial charge in [-0.2, -0.15) is 0 Å². The summed E-state index contributed by atoms with van der Waals surface area (Å²) < 4.78 is 0. The Bertz CT molecular complexity index is 41.5. The maximum Gasteiger partial charge on any atom is 1.00 e. The molecule has 0 aliphatic heterocycles. The van der Waals surface area contributed by atoms with E-state index < -0.39 is 7.32 Å². The third kappa shape index (κ3) is 76.4. The molecule has 0 aliphatic rings. The molecule has 0 atom stereocenters. The van der Waals surface area contributed by atoms with E-state index in [1.165, 1.54) is 0 Å². The van der Waals surface area contributed by atoms with Crippen molar-refractivity contribution in [3.63, 3.8) is 0 Å². The minimum atomic E-state index is -2.17. The molecule has 0 amide bonds. The zero-order valence-electron chi connectivity index (χ0n) is 6.45. The third-order valence-corrected chi connectivity index (χ3v) is 0.498. The summed E-state index contributed by atoms with van der Waals surface area (Å²) in [5, 5.41) is 31.0. The van der Waals surface area contributed by atoms with Gasteiger partial charge in [-0.1, -0.05) is 19.8 Å². The molecule has 0 fully saturated rings. The van der Waals surface area contributed by atoms with E-state index in [4.69, 9.17) is 15.1 Å². The molecule has 0 unspecified atom stereocenters. The van der Waals surface area contributed by atoms with Crippen LogP contribution >= 0.6 is 0 Å². The minimum absolute atomic E-state index is 0. The summed E-state index contributed by atoms with van der Waals surface area (Å²) in [5.74, 6) is 0. The van der Waals surface area contributed by atoms with Crippen LogP contribution in [0.15, 0.2) is 0 Å². The van der Waals surface area contributed by atoms with Gasteiger partial charge >= 0.3 is 26.2 Å². The average Bonchev–Trinajstić information content (AvgIpc) is 1.66. The summed E-state index contributed by atoms with van der Waals surface area (Å²) >= 11 is 0. The zero-order chi connectivity index (χ0) is 7.70. The van der Waals surface area contributed by atoms with Crippen LogP contribution in [0.1, 0.15) is 19.8 Å². The number of unbranched alkanes of at least 4 members (excludes halogenated alkanes) is 1. The van der Waals surface area contributed by atoms with Gasteiger partial charge in [-0.3, -0.25) is 0 Å². The molecule has 4 nitrogen and oxygen atoms in total. The van der Waals surface area contributed by atoms with Crippen LogP contribution in [0.5, 0.6) is 0 Å². The molecule has 0 aromatic rings. The predicted octanol–water partition coefficient (Wildman–Crippen LogP) is -4.90. The summed E-state index contributed by atoms with van der Waals surface area (Å²) in [4.78, 5) is 0. The predicted molar refractivity (Wildman–Crippen MR) is 32.2 cm³/mol. The van der Waals surface area contributed by atoms with Gasteiger partial charge in [-0.25, -0.2) is 0 Å². The van der Waals surface area contributed by atoms with Crippen LogP contribution in [0, 0.1) is 0 Å². The molecule has 0 rings (SSSR count). The summed E-state index contributed by atoms with van der Waals surface area (Å²) in [6.07, 6.45) is 1.86. The van der Waals surface area contributed by atoms with Gasteiger partial charge in [-0.15, -0.1) is 6.61 Å². The summed E-state index contributed by atoms with van der Waals surface area (Å²) in [6, 6.07) is 0. The van der Waals surface area contributed by atoms with Crippen LogP contribution in [0.2, 0.25) is 0 Å². The Morgan fingerprint density at radius 3 is 1.60 bits per heavy atom. The first-order valence-corrected chi connectivity index (χ1v) is 2.77. The topological polar surface area (TPSA) is 83.8 Å². The molecular weight excluding hydrogens is 130 g/mol. The van der Waals surface area contributed by atoms with E-state index >= 15 is 0 Å². The van der Waals surface area contributed by atoms with Crippen molar-refractivity contribution < 1.29 is 39.0 Å². The monoisotopic (exact) mass is 142 g/mol. The molecule has 0 heterocycles. The number of rotatable bonds is 2. The molecule has 0 aliphatic carbocycles. The van der Waals surface area contributed by atoms with Crippen molar-refractivity contribution >= 4 is 7.32 Å². The molecule has 0 saturated heterocycles. The van der Waals surface area contributed by atoms with Crippen molar-refractivity contribution in [3.05, 3.63) is 0 Å². The van der Waals surface area contributed by atoms with Crippen LogP contribution < -0.4 is 24.0 Å². The molecule has 0 aromatic carbocycles. The molecular formula is C4H12BLiO4. The van der Waals surface area contributed by atoms with Crippen molar-refractivity contribution in [2.45, 2.75) is 19.8 Å². The minimum Gasteiger partial charge on any atom is -0.854 e. The molecule has 10 heavy (non-hydrogen) atoms. The van der Waals surface area contributed by atoms with Crippen LogP contribution in [-0.4, -0.2) is 29.0 Å². The maximum atomic E-state index is 9.53. The smallest absolute Gasteiger partial charge is 0.854 e. The Hall–Kier alpha value is 0.502. The summed E-state index contributed by atoms with van der Waals surface area (Å²) in [7, 11) is -2.17. The van der Waals surface area contributed by atoms with Gasteiger partial charge in [0.2, 0.25) is 0 Å². The summed E-state index contributed by atoms with van der Waals surface area (Å²) in [5.41, 5.74) is 0. The van der Waals surface area contributed by atoms with Crippen LogP contribution in [0.25, 0.3) is 0 Å². The van der Waals surface area contributed by atoms with Crippen molar-refractivity contribution in [1.29, 1.82) is 0 Å². The fourth-order valence-corrected chi connectivity index (χ4v) is 0.144. The Balaban J connectivity index is -0.0000000910. The Morgan fingerprint density at radius 1 is 1.30 bits per heavy atom. The van der Waals surface area contributed by atoms with Crippen molar-refractivity contribution in [1.82, 2.24) is 0 Å². The molecule has 56 valence electrons. The summed E-state index contributed by atoms with van der Waals surface area (Å²) in [6.45, 7) is 2.11. The average molecular weight is 142 g/mol. The molecule has 0 radical (unpaired) electrons. The van der Waals surface area contributed by atoms with Crippen molar-refractivity contribution in [2.24, 2.45) is 0 Å². The standard InChI is InChI=1S/C4H9O.BH3O3.Li/c1-2-3-4-5;2-1(3)4;/h2-4H2,1H3;2-4H;/q-1;;+1. The van der Waals surface area contributed by atoms with E-state index in [0.717, 1.165) is 12.8 Å². The van der Waals surface area contributed by atoms with E-state index in [1.54, 1.807) is 0 Å². The van der Waals surface area contributed by atoms with E-state index in [9.17, 15) is 5.11 Å². The third-order valence-electron chi connectivity index (χ3n) is 0.498. The van der Waals surface area contributed by atoms with E-state index in [-0.39, 0.29) is 25.5 Å². The number of hydrogen-bond donors (Lipinski definition) is 3. The van der Waals surface area contributed by atoms with Crippen molar-refractivity contribution in [3.8, 4) is 0 Å². The van der Waals surface area contributed by atoms with Gasteiger partial charge in [0.05, 0.1) is 0 Å². The normalized spacial score (nSPS) is 6.90. The zero-order valence-corrected chi connectivity index (χ0v) is 6.45. The van der Waals surface area contributed by atoms with Crippen LogP contribution in [0.4, 0.5) is 0 Å². The Morgan fingerprint density at radius 2 is 1.60 bits per heavy atom. The first-order chi connectivity index (χ1) is 4.15. The Labute approximate surface area is 73.2 Å². The maximum absolute atomic E-state index is 9.53. The van der Waals surface area contributed by atoms with E-state index in [2.05, 4.69) is 0 Å². The van der Waals surface area contributed by atoms with Gasteiger partial charge in [0.25, 0.3) is 0 Å². The second-order valence-electron chi connectivity index (χ2n) is 1.40. The first kappa shape index (κ1) is 16.8. The van der Waals surface area contributed by atoms with Gasteiger partial charge in [-0.05, 0) is 0 Å². The Kier molecular flexibility index (Phi) is 27.4. The van der Waals surface area contributed by atoms with Gasteiger partial charge in [0, 0.05) is 0 Å². The first-order valence-electron chi connectivity index (χ1n) is 2.77.